The third kappa shape index (κ3) is 6.44. The van der Waals surface area contributed by atoms with E-state index in [4.69, 9.17) is 5.73 Å². The molecule has 0 aliphatic rings. The van der Waals surface area contributed by atoms with Crippen LogP contribution < -0.4 is 5.73 Å². The van der Waals surface area contributed by atoms with Crippen molar-refractivity contribution in [1.29, 1.82) is 0 Å². The number of unbranched alkanes of at least 4 members (excludes halogenated alkanes) is 1. The molecule has 0 aliphatic carbocycles. The molecule has 0 bridgehead atoms. The minimum absolute atomic E-state index is 0.574. The van der Waals surface area contributed by atoms with Gasteiger partial charge in [0.2, 0.25) is 0 Å². The number of benzene rings is 1. The summed E-state index contributed by atoms with van der Waals surface area (Å²) in [6, 6.07) is 8.67. The van der Waals surface area contributed by atoms with Crippen LogP contribution in [0, 0.1) is 0 Å². The molecule has 3 N–H and O–H groups in total. The van der Waals surface area contributed by atoms with E-state index in [0.29, 0.717) is 0 Å². The molecule has 0 atom stereocenters. The second-order valence-electron chi connectivity index (χ2n) is 5.38. The van der Waals surface area contributed by atoms with Crippen LogP contribution >= 0.6 is 0 Å². The molecular weight excluding hydrogens is 210 g/mol. The highest BCUT2D eigenvalue weighted by molar-refractivity contribution is 5.23. The van der Waals surface area contributed by atoms with Crippen molar-refractivity contribution < 1.29 is 5.11 Å². The van der Waals surface area contributed by atoms with Gasteiger partial charge in [0.05, 0.1) is 5.60 Å². The molecule has 0 saturated heterocycles. The normalized spacial score (nSPS) is 11.8. The second kappa shape index (κ2) is 6.77. The van der Waals surface area contributed by atoms with Gasteiger partial charge in [0.25, 0.3) is 0 Å². The molecule has 1 rings (SSSR count). The first-order valence-corrected chi connectivity index (χ1v) is 6.51. The summed E-state index contributed by atoms with van der Waals surface area (Å²) in [6.45, 7) is 4.49. The van der Waals surface area contributed by atoms with E-state index in [-0.39, 0.29) is 0 Å². The van der Waals surface area contributed by atoms with Crippen LogP contribution in [-0.4, -0.2) is 17.3 Å². The zero-order valence-corrected chi connectivity index (χ0v) is 11.1. The minimum Gasteiger partial charge on any atom is -0.390 e. The van der Waals surface area contributed by atoms with Gasteiger partial charge >= 0.3 is 0 Å². The van der Waals surface area contributed by atoms with Crippen LogP contribution in [0.1, 0.15) is 44.2 Å². The monoisotopic (exact) mass is 235 g/mol. The molecule has 17 heavy (non-hydrogen) atoms. The lowest BCUT2D eigenvalue weighted by molar-refractivity contribution is 0.0714. The van der Waals surface area contributed by atoms with Crippen molar-refractivity contribution in [1.82, 2.24) is 0 Å². The topological polar surface area (TPSA) is 46.2 Å². The van der Waals surface area contributed by atoms with Crippen molar-refractivity contribution in [2.24, 2.45) is 5.73 Å². The van der Waals surface area contributed by atoms with E-state index < -0.39 is 5.60 Å². The van der Waals surface area contributed by atoms with E-state index >= 15 is 0 Å². The molecule has 2 nitrogen and oxygen atoms in total. The fraction of sp³-hybridized carbons (Fsp3) is 0.600. The van der Waals surface area contributed by atoms with Crippen molar-refractivity contribution in [2.75, 3.05) is 6.54 Å². The van der Waals surface area contributed by atoms with E-state index in [2.05, 4.69) is 24.3 Å². The molecule has 0 aromatic heterocycles. The Morgan fingerprint density at radius 1 is 1.12 bits per heavy atom. The summed E-state index contributed by atoms with van der Waals surface area (Å²) >= 11 is 0. The van der Waals surface area contributed by atoms with Crippen LogP contribution in [0.4, 0.5) is 0 Å². The first-order chi connectivity index (χ1) is 8.01. The maximum atomic E-state index is 9.71. The summed E-state index contributed by atoms with van der Waals surface area (Å²) in [6.07, 6.45) is 5.10. The summed E-state index contributed by atoms with van der Waals surface area (Å²) in [5.74, 6) is 0. The van der Waals surface area contributed by atoms with E-state index in [1.165, 1.54) is 11.1 Å². The van der Waals surface area contributed by atoms with Gasteiger partial charge in [0.15, 0.2) is 0 Å². The Morgan fingerprint density at radius 2 is 1.76 bits per heavy atom. The van der Waals surface area contributed by atoms with E-state index in [9.17, 15) is 5.11 Å². The lowest BCUT2D eigenvalue weighted by Gasteiger charge is -2.16. The molecule has 0 radical (unpaired) electrons. The lowest BCUT2D eigenvalue weighted by Crippen LogP contribution is -2.19. The number of nitrogens with two attached hydrogens (primary N) is 1. The Morgan fingerprint density at radius 3 is 2.35 bits per heavy atom. The van der Waals surface area contributed by atoms with Crippen LogP contribution in [-0.2, 0) is 12.8 Å². The van der Waals surface area contributed by atoms with Gasteiger partial charge in [0, 0.05) is 0 Å². The minimum atomic E-state index is -0.574. The van der Waals surface area contributed by atoms with Crippen molar-refractivity contribution in [3.63, 3.8) is 0 Å². The molecule has 2 heteroatoms. The highest BCUT2D eigenvalue weighted by Gasteiger charge is 2.11. The highest BCUT2D eigenvalue weighted by atomic mass is 16.3. The molecule has 0 spiro atoms. The molecule has 1 aromatic carbocycles. The molecule has 0 saturated carbocycles. The van der Waals surface area contributed by atoms with Crippen molar-refractivity contribution >= 4 is 0 Å². The van der Waals surface area contributed by atoms with E-state index in [0.717, 1.165) is 38.6 Å². The van der Waals surface area contributed by atoms with Gasteiger partial charge in [-0.25, -0.2) is 0 Å². The van der Waals surface area contributed by atoms with Gasteiger partial charge in [-0.1, -0.05) is 24.3 Å². The zero-order chi connectivity index (χ0) is 12.7. The Labute approximate surface area is 105 Å². The predicted molar refractivity (Wildman–Crippen MR) is 73.1 cm³/mol. The fourth-order valence-electron chi connectivity index (χ4n) is 1.86. The number of rotatable bonds is 7. The summed E-state index contributed by atoms with van der Waals surface area (Å²) in [5.41, 5.74) is 7.61. The first-order valence-electron chi connectivity index (χ1n) is 6.51. The Bertz CT molecular complexity index is 328. The van der Waals surface area contributed by atoms with Gasteiger partial charge < -0.3 is 10.8 Å². The number of hydrogen-bond acceptors (Lipinski definition) is 2. The SMILES string of the molecule is CC(C)(O)CCc1cccc(CCCCN)c1. The van der Waals surface area contributed by atoms with Crippen molar-refractivity contribution in [3.05, 3.63) is 35.4 Å². The molecule has 0 fully saturated rings. The summed E-state index contributed by atoms with van der Waals surface area (Å²) in [4.78, 5) is 0. The van der Waals surface area contributed by atoms with Crippen LogP contribution in [0.15, 0.2) is 24.3 Å². The zero-order valence-electron chi connectivity index (χ0n) is 11.1. The average Bonchev–Trinajstić information content (AvgIpc) is 2.27. The van der Waals surface area contributed by atoms with Crippen LogP contribution in [0.2, 0.25) is 0 Å². The van der Waals surface area contributed by atoms with Crippen LogP contribution in [0.25, 0.3) is 0 Å². The van der Waals surface area contributed by atoms with E-state index in [1.54, 1.807) is 0 Å². The quantitative estimate of drug-likeness (QED) is 0.714. The summed E-state index contributed by atoms with van der Waals surface area (Å²) < 4.78 is 0. The smallest absolute Gasteiger partial charge is 0.0594 e. The maximum absolute atomic E-state index is 9.71. The highest BCUT2D eigenvalue weighted by Crippen LogP contribution is 2.15. The molecule has 1 aromatic rings. The van der Waals surface area contributed by atoms with Gasteiger partial charge in [-0.2, -0.15) is 0 Å². The first kappa shape index (κ1) is 14.2. The van der Waals surface area contributed by atoms with Crippen molar-refractivity contribution in [3.8, 4) is 0 Å². The lowest BCUT2D eigenvalue weighted by atomic mass is 9.97. The van der Waals surface area contributed by atoms with Gasteiger partial charge in [-0.05, 0) is 63.6 Å². The Kier molecular flexibility index (Phi) is 5.66. The standard InChI is InChI=1S/C15H25NO/c1-15(2,17)10-9-14-8-5-7-13(12-14)6-3-4-11-16/h5,7-8,12,17H,3-4,6,9-11,16H2,1-2H3. The van der Waals surface area contributed by atoms with Gasteiger partial charge in [0.1, 0.15) is 0 Å². The molecular formula is C15H25NO. The summed E-state index contributed by atoms with van der Waals surface area (Å²) in [7, 11) is 0. The largest absolute Gasteiger partial charge is 0.390 e. The van der Waals surface area contributed by atoms with Crippen LogP contribution in [0.3, 0.4) is 0 Å². The fourth-order valence-corrected chi connectivity index (χ4v) is 1.86. The predicted octanol–water partition coefficient (Wildman–Crippen LogP) is 2.67. The number of aliphatic hydroxyl groups is 1. The molecule has 0 unspecified atom stereocenters. The van der Waals surface area contributed by atoms with E-state index in [1.807, 2.05) is 13.8 Å². The third-order valence-corrected chi connectivity index (χ3v) is 2.94. The van der Waals surface area contributed by atoms with Crippen LogP contribution in [0.5, 0.6) is 0 Å². The molecule has 96 valence electrons. The Hall–Kier alpha value is -0.860. The molecule has 0 amide bonds. The average molecular weight is 235 g/mol. The van der Waals surface area contributed by atoms with Gasteiger partial charge in [-0.3, -0.25) is 0 Å². The maximum Gasteiger partial charge on any atom is 0.0594 e. The van der Waals surface area contributed by atoms with Gasteiger partial charge in [-0.15, -0.1) is 0 Å². The Balaban J connectivity index is 2.48. The number of aryl methyl sites for hydroxylation is 2. The van der Waals surface area contributed by atoms with Crippen molar-refractivity contribution in [2.45, 2.75) is 51.6 Å². The molecule has 0 heterocycles. The number of hydrogen-bond donors (Lipinski definition) is 2. The molecule has 0 aliphatic heterocycles. The summed E-state index contributed by atoms with van der Waals surface area (Å²) in [5, 5.41) is 9.71. The third-order valence-electron chi connectivity index (χ3n) is 2.94. The second-order valence-corrected chi connectivity index (χ2v) is 5.38.